The van der Waals surface area contributed by atoms with Crippen molar-refractivity contribution in [2.45, 2.75) is 46.4 Å². The molecule has 3 aromatic rings. The number of aromatic nitrogens is 2. The molecule has 0 unspecified atom stereocenters. The molecule has 2 N–H and O–H groups in total. The van der Waals surface area contributed by atoms with Crippen molar-refractivity contribution in [3.63, 3.8) is 0 Å². The maximum absolute atomic E-state index is 13.1. The van der Waals surface area contributed by atoms with Crippen LogP contribution < -0.4 is 16.1 Å². The fourth-order valence-electron chi connectivity index (χ4n) is 3.41. The number of ether oxygens (including phenoxy) is 1. The van der Waals surface area contributed by atoms with Crippen molar-refractivity contribution in [1.82, 2.24) is 20.2 Å². The summed E-state index contributed by atoms with van der Waals surface area (Å²) < 4.78 is 7.13. The quantitative estimate of drug-likeness (QED) is 0.415. The SMILES string of the molecule is Cc1ccc(CNC(=O)c2cn(CCc3ccccn3)cc(C(=O)NCCOC(C)C)c2=O)cc1. The zero-order valence-electron chi connectivity index (χ0n) is 20.4. The number of carbonyl (C=O) groups is 2. The highest BCUT2D eigenvalue weighted by Crippen LogP contribution is 2.06. The van der Waals surface area contributed by atoms with E-state index in [2.05, 4.69) is 15.6 Å². The lowest BCUT2D eigenvalue weighted by molar-refractivity contribution is 0.0746. The number of rotatable bonds is 11. The molecule has 3 rings (SSSR count). The lowest BCUT2D eigenvalue weighted by atomic mass is 10.1. The molecule has 2 aromatic heterocycles. The third-order valence-electron chi connectivity index (χ3n) is 5.33. The molecule has 0 aliphatic carbocycles. The van der Waals surface area contributed by atoms with Gasteiger partial charge in [-0.1, -0.05) is 35.9 Å². The number of aryl methyl sites for hydroxylation is 3. The fraction of sp³-hybridized carbons (Fsp3) is 0.333. The zero-order valence-corrected chi connectivity index (χ0v) is 20.4. The minimum atomic E-state index is -0.609. The van der Waals surface area contributed by atoms with E-state index in [1.165, 1.54) is 12.4 Å². The molecule has 0 aliphatic rings. The summed E-state index contributed by atoms with van der Waals surface area (Å²) in [6.07, 6.45) is 5.31. The first kappa shape index (κ1) is 25.8. The molecule has 0 bridgehead atoms. The number of pyridine rings is 2. The number of amides is 2. The standard InChI is InChI=1S/C27H32N4O4/c1-19(2)35-15-13-29-26(33)23-17-31(14-11-22-6-4-5-12-28-22)18-24(25(23)32)27(34)30-16-21-9-7-20(3)8-10-21/h4-10,12,17-19H,11,13-16H2,1-3H3,(H,29,33)(H,30,34). The Morgan fingerprint density at radius 3 is 2.31 bits per heavy atom. The van der Waals surface area contributed by atoms with E-state index in [0.29, 0.717) is 19.6 Å². The molecule has 0 radical (unpaired) electrons. The van der Waals surface area contributed by atoms with Crippen LogP contribution in [-0.2, 0) is 24.2 Å². The van der Waals surface area contributed by atoms with E-state index in [1.54, 1.807) is 10.8 Å². The van der Waals surface area contributed by atoms with Crippen LogP contribution in [0.3, 0.4) is 0 Å². The molecule has 184 valence electrons. The Balaban J connectivity index is 1.80. The van der Waals surface area contributed by atoms with Gasteiger partial charge in [-0.3, -0.25) is 19.4 Å². The zero-order chi connectivity index (χ0) is 25.2. The summed E-state index contributed by atoms with van der Waals surface area (Å²) in [4.78, 5) is 43.2. The van der Waals surface area contributed by atoms with Crippen LogP contribution in [-0.4, -0.2) is 40.6 Å². The third kappa shape index (κ3) is 7.89. The molecule has 2 amide bonds. The van der Waals surface area contributed by atoms with Crippen LogP contribution in [0.15, 0.2) is 65.8 Å². The van der Waals surface area contributed by atoms with Gasteiger partial charge in [-0.25, -0.2) is 0 Å². The van der Waals surface area contributed by atoms with Gasteiger partial charge in [0.1, 0.15) is 11.1 Å². The van der Waals surface area contributed by atoms with Crippen LogP contribution >= 0.6 is 0 Å². The molecule has 0 fully saturated rings. The molecule has 0 atom stereocenters. The fourth-order valence-corrected chi connectivity index (χ4v) is 3.41. The number of nitrogens with one attached hydrogen (secondary N) is 2. The van der Waals surface area contributed by atoms with Gasteiger partial charge in [-0.05, 0) is 38.5 Å². The average Bonchev–Trinajstić information content (AvgIpc) is 2.85. The summed E-state index contributed by atoms with van der Waals surface area (Å²) in [6.45, 7) is 7.10. The number of carbonyl (C=O) groups excluding carboxylic acids is 2. The van der Waals surface area contributed by atoms with Gasteiger partial charge in [0.05, 0.1) is 12.7 Å². The first-order chi connectivity index (χ1) is 16.8. The molecule has 0 saturated heterocycles. The largest absolute Gasteiger partial charge is 0.377 e. The summed E-state index contributed by atoms with van der Waals surface area (Å²) in [5.74, 6) is -1.07. The van der Waals surface area contributed by atoms with Gasteiger partial charge in [0, 0.05) is 50.3 Å². The molecule has 0 aliphatic heterocycles. The van der Waals surface area contributed by atoms with E-state index in [4.69, 9.17) is 4.74 Å². The molecule has 0 spiro atoms. The van der Waals surface area contributed by atoms with Gasteiger partial charge < -0.3 is 19.9 Å². The Labute approximate surface area is 205 Å². The molecule has 8 heteroatoms. The third-order valence-corrected chi connectivity index (χ3v) is 5.33. The second-order valence-corrected chi connectivity index (χ2v) is 8.57. The summed E-state index contributed by atoms with van der Waals surface area (Å²) in [6, 6.07) is 13.4. The minimum absolute atomic E-state index is 0.0382. The first-order valence-electron chi connectivity index (χ1n) is 11.7. The monoisotopic (exact) mass is 476 g/mol. The van der Waals surface area contributed by atoms with Crippen molar-refractivity contribution in [3.8, 4) is 0 Å². The molecule has 8 nitrogen and oxygen atoms in total. The first-order valence-corrected chi connectivity index (χ1v) is 11.7. The summed E-state index contributed by atoms with van der Waals surface area (Å²) in [5, 5.41) is 5.50. The molecule has 1 aromatic carbocycles. The van der Waals surface area contributed by atoms with Crippen molar-refractivity contribution in [2.75, 3.05) is 13.2 Å². The van der Waals surface area contributed by atoms with E-state index >= 15 is 0 Å². The van der Waals surface area contributed by atoms with Crippen molar-refractivity contribution in [3.05, 3.63) is 99.2 Å². The lowest BCUT2D eigenvalue weighted by Crippen LogP contribution is -2.36. The van der Waals surface area contributed by atoms with E-state index in [-0.39, 0.29) is 30.3 Å². The van der Waals surface area contributed by atoms with E-state index in [9.17, 15) is 14.4 Å². The van der Waals surface area contributed by atoms with Gasteiger partial charge in [0.15, 0.2) is 0 Å². The van der Waals surface area contributed by atoms with Crippen LogP contribution in [0.4, 0.5) is 0 Å². The summed E-state index contributed by atoms with van der Waals surface area (Å²) >= 11 is 0. The van der Waals surface area contributed by atoms with Crippen LogP contribution in [0.25, 0.3) is 0 Å². The number of benzene rings is 1. The van der Waals surface area contributed by atoms with Crippen LogP contribution in [0, 0.1) is 6.92 Å². The molecular weight excluding hydrogens is 444 g/mol. The number of hydrogen-bond acceptors (Lipinski definition) is 5. The van der Waals surface area contributed by atoms with Crippen LogP contribution in [0.1, 0.15) is 51.4 Å². The van der Waals surface area contributed by atoms with Gasteiger partial charge in [-0.2, -0.15) is 0 Å². The average molecular weight is 477 g/mol. The van der Waals surface area contributed by atoms with E-state index < -0.39 is 17.2 Å². The Morgan fingerprint density at radius 1 is 1.00 bits per heavy atom. The van der Waals surface area contributed by atoms with E-state index in [0.717, 1.165) is 16.8 Å². The predicted octanol–water partition coefficient (Wildman–Crippen LogP) is 2.88. The predicted molar refractivity (Wildman–Crippen MR) is 134 cm³/mol. The summed E-state index contributed by atoms with van der Waals surface area (Å²) in [5.41, 5.74) is 2.13. The second-order valence-electron chi connectivity index (χ2n) is 8.57. The molecular formula is C27H32N4O4. The smallest absolute Gasteiger partial charge is 0.257 e. The highest BCUT2D eigenvalue weighted by atomic mass is 16.5. The maximum atomic E-state index is 13.1. The molecule has 2 heterocycles. The van der Waals surface area contributed by atoms with Crippen molar-refractivity contribution >= 4 is 11.8 Å². The Hall–Kier alpha value is -3.78. The molecule has 0 saturated carbocycles. The second kappa shape index (κ2) is 12.6. The topological polar surface area (TPSA) is 102 Å². The minimum Gasteiger partial charge on any atom is -0.377 e. The van der Waals surface area contributed by atoms with Gasteiger partial charge in [0.25, 0.3) is 11.8 Å². The van der Waals surface area contributed by atoms with Crippen LogP contribution in [0.2, 0.25) is 0 Å². The Morgan fingerprint density at radius 2 is 1.69 bits per heavy atom. The number of hydrogen-bond donors (Lipinski definition) is 2. The molecule has 35 heavy (non-hydrogen) atoms. The highest BCUT2D eigenvalue weighted by molar-refractivity contribution is 5.99. The van der Waals surface area contributed by atoms with Gasteiger partial charge >= 0.3 is 0 Å². The lowest BCUT2D eigenvalue weighted by Gasteiger charge is -2.13. The Bertz CT molecular complexity index is 1190. The van der Waals surface area contributed by atoms with Gasteiger partial charge in [0.2, 0.25) is 5.43 Å². The van der Waals surface area contributed by atoms with Crippen LogP contribution in [0.5, 0.6) is 0 Å². The van der Waals surface area contributed by atoms with Gasteiger partial charge in [-0.15, -0.1) is 0 Å². The normalized spacial score (nSPS) is 10.9. The maximum Gasteiger partial charge on any atom is 0.257 e. The van der Waals surface area contributed by atoms with Crippen molar-refractivity contribution in [1.29, 1.82) is 0 Å². The van der Waals surface area contributed by atoms with E-state index in [1.807, 2.05) is 63.2 Å². The highest BCUT2D eigenvalue weighted by Gasteiger charge is 2.19. The summed E-state index contributed by atoms with van der Waals surface area (Å²) in [7, 11) is 0. The Kier molecular flexibility index (Phi) is 9.31. The van der Waals surface area contributed by atoms with Crippen molar-refractivity contribution < 1.29 is 14.3 Å². The number of nitrogens with zero attached hydrogens (tertiary/aromatic N) is 2. The van der Waals surface area contributed by atoms with Crippen molar-refractivity contribution in [2.24, 2.45) is 0 Å².